The van der Waals surface area contributed by atoms with Gasteiger partial charge in [-0.2, -0.15) is 0 Å². The molecule has 2 atom stereocenters. The van der Waals surface area contributed by atoms with Crippen LogP contribution in [0.3, 0.4) is 0 Å². The van der Waals surface area contributed by atoms with Crippen molar-refractivity contribution in [1.29, 1.82) is 0 Å². The van der Waals surface area contributed by atoms with E-state index in [1.165, 1.54) is 11.7 Å². The Balaban J connectivity index is 0.000001000. The molecule has 0 aliphatic heterocycles. The maximum atomic E-state index is 2.87. The second-order valence-corrected chi connectivity index (χ2v) is 6.88. The zero-order valence-electron chi connectivity index (χ0n) is 6.53. The number of rotatable bonds is 2. The molecule has 0 heterocycles. The van der Waals surface area contributed by atoms with Gasteiger partial charge < -0.3 is 0 Å². The van der Waals surface area contributed by atoms with Gasteiger partial charge in [-0.15, -0.1) is 21.3 Å². The fraction of sp³-hybridized carbons (Fsp3) is 0.250. The molecule has 0 spiro atoms. The third-order valence-corrected chi connectivity index (χ3v) is 2.69. The molecule has 0 bridgehead atoms. The Hall–Kier alpha value is 0.370. The molecule has 11 heavy (non-hydrogen) atoms. The first kappa shape index (κ1) is 11.4. The average molecular weight is 207 g/mol. The minimum atomic E-state index is 0. The Morgan fingerprint density at radius 2 is 1.82 bits per heavy atom. The van der Waals surface area contributed by atoms with Gasteiger partial charge >= 0.3 is 0 Å². The van der Waals surface area contributed by atoms with E-state index < -0.39 is 0 Å². The lowest BCUT2D eigenvalue weighted by atomic mass is 10.2. The first-order valence-electron chi connectivity index (χ1n) is 3.29. The Bertz CT molecular complexity index is 187. The lowest BCUT2D eigenvalue weighted by molar-refractivity contribution is 1.41. The molecule has 0 aliphatic carbocycles. The van der Waals surface area contributed by atoms with Crippen molar-refractivity contribution in [2.75, 3.05) is 6.66 Å². The molecule has 3 heteroatoms. The summed E-state index contributed by atoms with van der Waals surface area (Å²) in [6.45, 7) is 2.27. The van der Waals surface area contributed by atoms with Crippen molar-refractivity contribution >= 4 is 28.9 Å². The van der Waals surface area contributed by atoms with Crippen LogP contribution in [0.2, 0.25) is 0 Å². The van der Waals surface area contributed by atoms with Crippen LogP contribution in [0.5, 0.6) is 0 Å². The molecule has 0 fully saturated rings. The van der Waals surface area contributed by atoms with Crippen LogP contribution in [0, 0.1) is 0 Å². The molecule has 2 unspecified atom stereocenters. The van der Waals surface area contributed by atoms with E-state index in [4.69, 9.17) is 0 Å². The second kappa shape index (κ2) is 5.95. The van der Waals surface area contributed by atoms with Crippen LogP contribution in [0.15, 0.2) is 30.3 Å². The summed E-state index contributed by atoms with van der Waals surface area (Å²) in [5.74, 6) is 0. The zero-order chi connectivity index (χ0) is 7.40. The fourth-order valence-electron chi connectivity index (χ4n) is 0.871. The van der Waals surface area contributed by atoms with Crippen molar-refractivity contribution in [3.63, 3.8) is 0 Å². The highest BCUT2D eigenvalue weighted by atomic mass is 35.5. The van der Waals surface area contributed by atoms with Crippen LogP contribution >= 0.6 is 28.9 Å². The van der Waals surface area contributed by atoms with Gasteiger partial charge in [-0.05, 0) is 18.4 Å². The molecule has 1 rings (SSSR count). The summed E-state index contributed by atoms with van der Waals surface area (Å²) in [7, 11) is 3.01. The van der Waals surface area contributed by atoms with Gasteiger partial charge in [-0.25, -0.2) is 0 Å². The monoisotopic (exact) mass is 206 g/mol. The van der Waals surface area contributed by atoms with Crippen molar-refractivity contribution in [3.8, 4) is 0 Å². The minimum Gasteiger partial charge on any atom is -0.147 e. The van der Waals surface area contributed by atoms with Gasteiger partial charge in [0.1, 0.15) is 0 Å². The Labute approximate surface area is 78.0 Å². The Kier molecular flexibility index (Phi) is 6.15. The van der Waals surface area contributed by atoms with Crippen LogP contribution in [-0.4, -0.2) is 6.66 Å². The average Bonchev–Trinajstić information content (AvgIpc) is 1.88. The molecule has 0 saturated heterocycles. The smallest absolute Gasteiger partial charge is 0.00414 e. The number of hydrogen-bond acceptors (Lipinski definition) is 0. The van der Waals surface area contributed by atoms with Crippen molar-refractivity contribution in [2.24, 2.45) is 0 Å². The maximum Gasteiger partial charge on any atom is -0.00414 e. The van der Waals surface area contributed by atoms with Crippen molar-refractivity contribution < 1.29 is 0 Å². The molecule has 0 radical (unpaired) electrons. The fourth-order valence-corrected chi connectivity index (χ4v) is 2.29. The topological polar surface area (TPSA) is 0 Å². The summed E-state index contributed by atoms with van der Waals surface area (Å²) in [6.07, 6.45) is 1.22. The molecule has 1 aromatic rings. The van der Waals surface area contributed by atoms with E-state index in [0.717, 1.165) is 0 Å². The largest absolute Gasteiger partial charge is 0.147 e. The molecule has 0 aliphatic rings. The molecule has 1 aromatic carbocycles. The van der Waals surface area contributed by atoms with Gasteiger partial charge in [-0.3, -0.25) is 0 Å². The highest BCUT2D eigenvalue weighted by molar-refractivity contribution is 8.12. The van der Waals surface area contributed by atoms with E-state index in [2.05, 4.69) is 45.9 Å². The van der Waals surface area contributed by atoms with Crippen LogP contribution in [0.1, 0.15) is 5.56 Å². The number of halogens is 1. The third-order valence-electron chi connectivity index (χ3n) is 1.27. The summed E-state index contributed by atoms with van der Waals surface area (Å²) in [5.41, 5.74) is 1.45. The number of hydrogen-bond donors (Lipinski definition) is 0. The third kappa shape index (κ3) is 4.75. The lowest BCUT2D eigenvalue weighted by Gasteiger charge is -2.03. The quantitative estimate of drug-likeness (QED) is 0.650. The highest BCUT2D eigenvalue weighted by Crippen LogP contribution is 2.43. The van der Waals surface area contributed by atoms with Crippen molar-refractivity contribution in [1.82, 2.24) is 0 Å². The van der Waals surface area contributed by atoms with Crippen LogP contribution in [0.4, 0.5) is 0 Å². The van der Waals surface area contributed by atoms with Crippen LogP contribution in [0.25, 0.3) is 0 Å². The SMILES string of the molecule is CP(P)Cc1ccccc1.Cl. The predicted molar refractivity (Wildman–Crippen MR) is 59.9 cm³/mol. The summed E-state index contributed by atoms with van der Waals surface area (Å²) in [6, 6.07) is 10.6. The molecule has 0 aromatic heterocycles. The van der Waals surface area contributed by atoms with E-state index in [9.17, 15) is 0 Å². The van der Waals surface area contributed by atoms with E-state index in [0.29, 0.717) is 0 Å². The van der Waals surface area contributed by atoms with E-state index in [1.54, 1.807) is 0 Å². The van der Waals surface area contributed by atoms with Crippen LogP contribution in [-0.2, 0) is 6.16 Å². The molecule has 0 amide bonds. The van der Waals surface area contributed by atoms with Gasteiger partial charge in [0.2, 0.25) is 0 Å². The molecule has 0 saturated carbocycles. The van der Waals surface area contributed by atoms with Gasteiger partial charge in [0, 0.05) is 0 Å². The summed E-state index contributed by atoms with van der Waals surface area (Å²) in [5, 5.41) is 0. The summed E-state index contributed by atoms with van der Waals surface area (Å²) < 4.78 is 0. The Morgan fingerprint density at radius 1 is 1.27 bits per heavy atom. The van der Waals surface area contributed by atoms with Gasteiger partial charge in [0.05, 0.1) is 0 Å². The minimum absolute atomic E-state index is 0. The van der Waals surface area contributed by atoms with Gasteiger partial charge in [-0.1, -0.05) is 37.9 Å². The molecule has 0 N–H and O–H groups in total. The van der Waals surface area contributed by atoms with E-state index in [1.807, 2.05) is 0 Å². The van der Waals surface area contributed by atoms with Gasteiger partial charge in [0.25, 0.3) is 0 Å². The molecular formula is C8H13ClP2. The highest BCUT2D eigenvalue weighted by Gasteiger charge is 1.93. The standard InChI is InChI=1S/C8H12P2.ClH/c1-10(9)7-8-5-3-2-4-6-8;/h2-6H,7,9H2,1H3;1H. The second-order valence-electron chi connectivity index (χ2n) is 2.40. The zero-order valence-corrected chi connectivity index (χ0v) is 9.39. The normalized spacial score (nSPS) is 11.8. The van der Waals surface area contributed by atoms with E-state index in [-0.39, 0.29) is 20.0 Å². The Morgan fingerprint density at radius 3 is 2.27 bits per heavy atom. The maximum absolute atomic E-state index is 2.87. The van der Waals surface area contributed by atoms with E-state index >= 15 is 0 Å². The van der Waals surface area contributed by atoms with Gasteiger partial charge in [0.15, 0.2) is 0 Å². The molecular weight excluding hydrogens is 193 g/mol. The molecule has 62 valence electrons. The van der Waals surface area contributed by atoms with Crippen molar-refractivity contribution in [3.05, 3.63) is 35.9 Å². The number of benzene rings is 1. The first-order valence-corrected chi connectivity index (χ1v) is 6.88. The lowest BCUT2D eigenvalue weighted by Crippen LogP contribution is -1.76. The van der Waals surface area contributed by atoms with Crippen molar-refractivity contribution in [2.45, 2.75) is 6.16 Å². The summed E-state index contributed by atoms with van der Waals surface area (Å²) in [4.78, 5) is 0. The van der Waals surface area contributed by atoms with Crippen LogP contribution < -0.4 is 0 Å². The predicted octanol–water partition coefficient (Wildman–Crippen LogP) is 3.51. The summed E-state index contributed by atoms with van der Waals surface area (Å²) >= 11 is 0. The molecule has 0 nitrogen and oxygen atoms in total. The first-order chi connectivity index (χ1) is 4.79.